The van der Waals surface area contributed by atoms with E-state index < -0.39 is 17.4 Å². The summed E-state index contributed by atoms with van der Waals surface area (Å²) >= 11 is 0. The molecule has 0 aromatic carbocycles. The maximum Gasteiger partial charge on any atom is 0.317 e. The number of carbonyl (C=O) groups is 3. The first-order valence-electron chi connectivity index (χ1n) is 5.92. The number of carbonyl (C=O) groups excluding carboxylic acids is 2. The van der Waals surface area contributed by atoms with Crippen molar-refractivity contribution in [3.63, 3.8) is 0 Å². The van der Waals surface area contributed by atoms with E-state index in [1.807, 2.05) is 0 Å². The topological polar surface area (TPSA) is 98.7 Å². The Morgan fingerprint density at radius 1 is 1.56 bits per heavy atom. The zero-order valence-electron chi connectivity index (χ0n) is 10.7. The summed E-state index contributed by atoms with van der Waals surface area (Å²) in [6.45, 7) is 4.27. The molecule has 1 aliphatic rings. The van der Waals surface area contributed by atoms with Crippen molar-refractivity contribution in [2.24, 2.45) is 5.41 Å². The van der Waals surface area contributed by atoms with Crippen LogP contribution in [0.4, 0.5) is 4.79 Å². The maximum atomic E-state index is 11.8. The van der Waals surface area contributed by atoms with Crippen LogP contribution in [0, 0.1) is 5.41 Å². The highest BCUT2D eigenvalue weighted by atomic mass is 16.4. The summed E-state index contributed by atoms with van der Waals surface area (Å²) in [7, 11) is 0. The second-order valence-electron chi connectivity index (χ2n) is 4.65. The molecule has 1 rings (SSSR count). The lowest BCUT2D eigenvalue weighted by atomic mass is 9.88. The zero-order valence-corrected chi connectivity index (χ0v) is 10.7. The molecule has 1 aliphatic heterocycles. The summed E-state index contributed by atoms with van der Waals surface area (Å²) in [6, 6.07) is -0.397. The van der Waals surface area contributed by atoms with E-state index in [4.69, 9.17) is 5.11 Å². The van der Waals surface area contributed by atoms with Crippen LogP contribution in [0.3, 0.4) is 0 Å². The predicted molar refractivity (Wildman–Crippen MR) is 64.0 cm³/mol. The SMILES string of the molecule is CCC(C)(CNC(=O)N1CCNC(=O)C1)C(=O)O. The van der Waals surface area contributed by atoms with Gasteiger partial charge in [0.25, 0.3) is 0 Å². The number of aliphatic carboxylic acids is 1. The van der Waals surface area contributed by atoms with E-state index >= 15 is 0 Å². The summed E-state index contributed by atoms with van der Waals surface area (Å²) in [4.78, 5) is 35.3. The molecule has 0 bridgehead atoms. The molecule has 1 heterocycles. The molecule has 0 aliphatic carbocycles. The van der Waals surface area contributed by atoms with E-state index in [2.05, 4.69) is 10.6 Å². The van der Waals surface area contributed by atoms with Crippen LogP contribution in [0.1, 0.15) is 20.3 Å². The maximum absolute atomic E-state index is 11.8. The molecule has 1 atom stereocenters. The van der Waals surface area contributed by atoms with Crippen molar-refractivity contribution < 1.29 is 19.5 Å². The molecule has 7 nitrogen and oxygen atoms in total. The Balaban J connectivity index is 2.50. The van der Waals surface area contributed by atoms with Gasteiger partial charge in [-0.2, -0.15) is 0 Å². The molecule has 18 heavy (non-hydrogen) atoms. The summed E-state index contributed by atoms with van der Waals surface area (Å²) in [6.07, 6.45) is 0.420. The smallest absolute Gasteiger partial charge is 0.317 e. The highest BCUT2D eigenvalue weighted by molar-refractivity contribution is 5.85. The van der Waals surface area contributed by atoms with Gasteiger partial charge in [0.05, 0.1) is 5.41 Å². The molecule has 3 N–H and O–H groups in total. The van der Waals surface area contributed by atoms with Crippen LogP contribution in [0.2, 0.25) is 0 Å². The average Bonchev–Trinajstić information content (AvgIpc) is 2.35. The number of carboxylic acid groups (broad SMARTS) is 1. The number of piperazine rings is 1. The first-order valence-corrected chi connectivity index (χ1v) is 5.92. The van der Waals surface area contributed by atoms with Gasteiger partial charge < -0.3 is 20.6 Å². The second-order valence-corrected chi connectivity index (χ2v) is 4.65. The highest BCUT2D eigenvalue weighted by Gasteiger charge is 2.32. The first kappa shape index (κ1) is 14.3. The van der Waals surface area contributed by atoms with E-state index in [0.717, 1.165) is 0 Å². The number of nitrogens with zero attached hydrogens (tertiary/aromatic N) is 1. The molecular formula is C11H19N3O4. The number of hydrogen-bond donors (Lipinski definition) is 3. The third-order valence-corrected chi connectivity index (χ3v) is 3.25. The Labute approximate surface area is 106 Å². The van der Waals surface area contributed by atoms with Gasteiger partial charge in [-0.05, 0) is 13.3 Å². The van der Waals surface area contributed by atoms with Gasteiger partial charge >= 0.3 is 12.0 Å². The van der Waals surface area contributed by atoms with Crippen molar-refractivity contribution in [2.45, 2.75) is 20.3 Å². The van der Waals surface area contributed by atoms with E-state index in [9.17, 15) is 14.4 Å². The molecule has 0 spiro atoms. The minimum absolute atomic E-state index is 0.0156. The van der Waals surface area contributed by atoms with Gasteiger partial charge in [-0.1, -0.05) is 6.92 Å². The molecule has 0 aromatic heterocycles. The lowest BCUT2D eigenvalue weighted by Gasteiger charge is -2.29. The Morgan fingerprint density at radius 3 is 2.72 bits per heavy atom. The molecule has 0 radical (unpaired) electrons. The van der Waals surface area contributed by atoms with Gasteiger partial charge in [-0.3, -0.25) is 9.59 Å². The Hall–Kier alpha value is -1.79. The standard InChI is InChI=1S/C11H19N3O4/c1-3-11(2,9(16)17)7-13-10(18)14-5-4-12-8(15)6-14/h3-7H2,1-2H3,(H,12,15)(H,13,18)(H,16,17). The van der Waals surface area contributed by atoms with Crippen LogP contribution >= 0.6 is 0 Å². The van der Waals surface area contributed by atoms with Crippen molar-refractivity contribution in [1.82, 2.24) is 15.5 Å². The molecule has 1 saturated heterocycles. The minimum Gasteiger partial charge on any atom is -0.481 e. The van der Waals surface area contributed by atoms with Gasteiger partial charge in [0.1, 0.15) is 6.54 Å². The van der Waals surface area contributed by atoms with Crippen molar-refractivity contribution in [3.8, 4) is 0 Å². The fraction of sp³-hybridized carbons (Fsp3) is 0.727. The summed E-state index contributed by atoms with van der Waals surface area (Å²) in [5.41, 5.74) is -0.978. The minimum atomic E-state index is -0.978. The molecule has 1 fully saturated rings. The monoisotopic (exact) mass is 257 g/mol. The second kappa shape index (κ2) is 5.70. The average molecular weight is 257 g/mol. The first-order chi connectivity index (χ1) is 8.39. The largest absolute Gasteiger partial charge is 0.481 e. The van der Waals surface area contributed by atoms with Crippen LogP contribution < -0.4 is 10.6 Å². The van der Waals surface area contributed by atoms with Gasteiger partial charge in [0.2, 0.25) is 5.91 Å². The van der Waals surface area contributed by atoms with Crippen molar-refractivity contribution in [3.05, 3.63) is 0 Å². The van der Waals surface area contributed by atoms with Gasteiger partial charge in [-0.15, -0.1) is 0 Å². The molecule has 3 amide bonds. The van der Waals surface area contributed by atoms with E-state index in [1.165, 1.54) is 4.90 Å². The highest BCUT2D eigenvalue weighted by Crippen LogP contribution is 2.19. The van der Waals surface area contributed by atoms with Gasteiger partial charge in [0, 0.05) is 19.6 Å². The third-order valence-electron chi connectivity index (χ3n) is 3.25. The summed E-state index contributed by atoms with van der Waals surface area (Å²) in [5.74, 6) is -1.14. The number of rotatable bonds is 4. The molecule has 0 aromatic rings. The fourth-order valence-electron chi connectivity index (χ4n) is 1.55. The Kier molecular flexibility index (Phi) is 4.52. The van der Waals surface area contributed by atoms with Gasteiger partial charge in [0.15, 0.2) is 0 Å². The Bertz CT molecular complexity index is 358. The van der Waals surface area contributed by atoms with E-state index in [-0.39, 0.29) is 19.0 Å². The lowest BCUT2D eigenvalue weighted by molar-refractivity contribution is -0.147. The summed E-state index contributed by atoms with van der Waals surface area (Å²) in [5, 5.41) is 14.3. The number of carboxylic acids is 1. The van der Waals surface area contributed by atoms with Crippen molar-refractivity contribution >= 4 is 17.9 Å². The van der Waals surface area contributed by atoms with Crippen molar-refractivity contribution in [2.75, 3.05) is 26.2 Å². The quantitative estimate of drug-likeness (QED) is 0.640. The zero-order chi connectivity index (χ0) is 13.8. The van der Waals surface area contributed by atoms with Crippen LogP contribution in [-0.2, 0) is 9.59 Å². The molecule has 1 unspecified atom stereocenters. The Morgan fingerprint density at radius 2 is 2.22 bits per heavy atom. The number of nitrogens with one attached hydrogen (secondary N) is 2. The van der Waals surface area contributed by atoms with Crippen LogP contribution in [0.5, 0.6) is 0 Å². The molecule has 102 valence electrons. The van der Waals surface area contributed by atoms with Crippen LogP contribution in [0.25, 0.3) is 0 Å². The molecule has 7 heteroatoms. The molecular weight excluding hydrogens is 238 g/mol. The number of amides is 3. The van der Waals surface area contributed by atoms with Crippen LogP contribution in [-0.4, -0.2) is 54.1 Å². The molecule has 0 saturated carbocycles. The van der Waals surface area contributed by atoms with Gasteiger partial charge in [-0.25, -0.2) is 4.79 Å². The van der Waals surface area contributed by atoms with E-state index in [1.54, 1.807) is 13.8 Å². The summed E-state index contributed by atoms with van der Waals surface area (Å²) < 4.78 is 0. The number of hydrogen-bond acceptors (Lipinski definition) is 3. The van der Waals surface area contributed by atoms with Crippen molar-refractivity contribution in [1.29, 1.82) is 0 Å². The predicted octanol–water partition coefficient (Wildman–Crippen LogP) is -0.371. The lowest BCUT2D eigenvalue weighted by Crippen LogP contribution is -2.54. The van der Waals surface area contributed by atoms with Crippen LogP contribution in [0.15, 0.2) is 0 Å². The fourth-order valence-corrected chi connectivity index (χ4v) is 1.55. The number of urea groups is 1. The normalized spacial score (nSPS) is 18.8. The third kappa shape index (κ3) is 3.35. The van der Waals surface area contributed by atoms with E-state index in [0.29, 0.717) is 19.5 Å².